The van der Waals surface area contributed by atoms with Crippen molar-refractivity contribution in [2.24, 2.45) is 14.1 Å². The first kappa shape index (κ1) is 14.1. The summed E-state index contributed by atoms with van der Waals surface area (Å²) in [5.74, 6) is 0. The van der Waals surface area contributed by atoms with E-state index >= 15 is 0 Å². The summed E-state index contributed by atoms with van der Waals surface area (Å²) in [4.78, 5) is 9.26. The van der Waals surface area contributed by atoms with Crippen LogP contribution in [0.25, 0.3) is 22.0 Å². The van der Waals surface area contributed by atoms with Crippen molar-refractivity contribution in [2.75, 3.05) is 0 Å². The van der Waals surface area contributed by atoms with Gasteiger partial charge in [-0.05, 0) is 39.3 Å². The summed E-state index contributed by atoms with van der Waals surface area (Å²) in [5, 5.41) is 1.26. The molecule has 0 amide bonds. The monoisotopic (exact) mass is 336 g/mol. The topological polar surface area (TPSA) is 33.5 Å². The Morgan fingerprint density at radius 3 is 2.77 bits per heavy atom. The zero-order valence-electron chi connectivity index (χ0n) is 14.8. The van der Waals surface area contributed by atoms with E-state index in [9.17, 15) is 0 Å². The van der Waals surface area contributed by atoms with E-state index in [0.29, 0.717) is 0 Å². The van der Waals surface area contributed by atoms with Crippen LogP contribution in [0.5, 0.6) is 0 Å². The number of benzene rings is 1. The first-order valence-electron chi connectivity index (χ1n) is 8.96. The van der Waals surface area contributed by atoms with Crippen molar-refractivity contribution >= 4 is 34.3 Å². The van der Waals surface area contributed by atoms with E-state index in [1.165, 1.54) is 44.3 Å². The molecule has 3 aromatic heterocycles. The fraction of sp³-hybridized carbons (Fsp3) is 0.143. The molecule has 0 bridgehead atoms. The van der Waals surface area contributed by atoms with Gasteiger partial charge in [0.15, 0.2) is 17.3 Å². The highest BCUT2D eigenvalue weighted by Gasteiger charge is 2.47. The summed E-state index contributed by atoms with van der Waals surface area (Å²) in [6.45, 7) is 0.211. The maximum atomic E-state index is 4.68. The molecule has 0 unspecified atom stereocenters. The van der Waals surface area contributed by atoms with Gasteiger partial charge >= 0.3 is 6.71 Å². The molecule has 0 aliphatic carbocycles. The average molecular weight is 336 g/mol. The highest BCUT2D eigenvalue weighted by molar-refractivity contribution is 6.97. The Morgan fingerprint density at radius 2 is 1.85 bits per heavy atom. The van der Waals surface area contributed by atoms with Gasteiger partial charge in [0.25, 0.3) is 6.33 Å². The predicted octanol–water partition coefficient (Wildman–Crippen LogP) is -0.320. The van der Waals surface area contributed by atoms with Gasteiger partial charge in [-0.15, -0.1) is 0 Å². The first-order chi connectivity index (χ1) is 12.7. The second-order valence-corrected chi connectivity index (χ2v) is 7.34. The molecule has 122 valence electrons. The summed E-state index contributed by atoms with van der Waals surface area (Å²) < 4.78 is 4.49. The Hall–Kier alpha value is -3.08. The van der Waals surface area contributed by atoms with E-state index < -0.39 is 0 Å². The Labute approximate surface area is 151 Å². The molecular weight excluding hydrogens is 319 g/mol. The highest BCUT2D eigenvalue weighted by Crippen LogP contribution is 2.30. The third kappa shape index (κ3) is 1.61. The van der Waals surface area contributed by atoms with Gasteiger partial charge in [0.05, 0.1) is 18.0 Å². The van der Waals surface area contributed by atoms with E-state index in [4.69, 9.17) is 0 Å². The molecule has 0 atom stereocenters. The van der Waals surface area contributed by atoms with Crippen molar-refractivity contribution in [3.63, 3.8) is 0 Å². The molecule has 5 heteroatoms. The van der Waals surface area contributed by atoms with Crippen molar-refractivity contribution in [1.29, 1.82) is 0 Å². The van der Waals surface area contributed by atoms with Gasteiger partial charge in [0.1, 0.15) is 7.05 Å². The van der Waals surface area contributed by atoms with Crippen molar-refractivity contribution in [3.8, 4) is 11.1 Å². The minimum atomic E-state index is 0.211. The van der Waals surface area contributed by atoms with Crippen LogP contribution in [0.3, 0.4) is 0 Å². The number of nitrogens with zero attached hydrogens (tertiary/aromatic N) is 4. The molecule has 0 N–H and O–H groups in total. The number of rotatable bonds is 0. The lowest BCUT2D eigenvalue weighted by Crippen LogP contribution is -2.74. The van der Waals surface area contributed by atoms with Crippen molar-refractivity contribution < 1.29 is 9.13 Å². The van der Waals surface area contributed by atoms with Crippen LogP contribution in [-0.4, -0.2) is 16.7 Å². The first-order valence-corrected chi connectivity index (χ1v) is 8.96. The number of hydrogen-bond donors (Lipinski definition) is 0. The third-order valence-electron chi connectivity index (χ3n) is 5.94. The summed E-state index contributed by atoms with van der Waals surface area (Å²) in [5.41, 5.74) is 10.4. The molecule has 6 rings (SSSR count). The second kappa shape index (κ2) is 4.76. The lowest BCUT2D eigenvalue weighted by Gasteiger charge is -2.29. The van der Waals surface area contributed by atoms with Gasteiger partial charge < -0.3 is 0 Å². The zero-order chi connectivity index (χ0) is 17.4. The van der Waals surface area contributed by atoms with Crippen LogP contribution in [0, 0.1) is 0 Å². The molecule has 2 aliphatic rings. The summed E-state index contributed by atoms with van der Waals surface area (Å²) in [7, 11) is 4.27. The van der Waals surface area contributed by atoms with Crippen LogP contribution in [0.2, 0.25) is 0 Å². The Bertz CT molecular complexity index is 1250. The largest absolute Gasteiger partial charge is 0.376 e. The number of hydrogen-bond acceptors (Lipinski definition) is 2. The Morgan fingerprint density at radius 1 is 0.923 bits per heavy atom. The maximum absolute atomic E-state index is 4.68. The molecule has 1 aromatic carbocycles. The maximum Gasteiger partial charge on any atom is 0.376 e. The number of aryl methyl sites for hydroxylation is 2. The molecule has 26 heavy (non-hydrogen) atoms. The summed E-state index contributed by atoms with van der Waals surface area (Å²) >= 11 is 0. The quantitative estimate of drug-likeness (QED) is 0.281. The summed E-state index contributed by atoms with van der Waals surface area (Å²) in [6, 6.07) is 10.8. The van der Waals surface area contributed by atoms with E-state index in [1.807, 2.05) is 18.7 Å². The third-order valence-corrected chi connectivity index (χ3v) is 5.94. The van der Waals surface area contributed by atoms with E-state index in [1.54, 1.807) is 0 Å². The lowest BCUT2D eigenvalue weighted by atomic mass is 9.33. The van der Waals surface area contributed by atoms with Crippen LogP contribution in [-0.2, 0) is 20.5 Å². The van der Waals surface area contributed by atoms with Gasteiger partial charge in [-0.25, -0.2) is 9.13 Å². The van der Waals surface area contributed by atoms with Gasteiger partial charge in [0.2, 0.25) is 0 Å². The lowest BCUT2D eigenvalue weighted by molar-refractivity contribution is -0.659. The number of pyridine rings is 2. The normalized spacial score (nSPS) is 13.5. The van der Waals surface area contributed by atoms with Crippen LogP contribution in [0.4, 0.5) is 0 Å². The molecule has 4 nitrogen and oxygen atoms in total. The van der Waals surface area contributed by atoms with Crippen molar-refractivity contribution in [1.82, 2.24) is 9.97 Å². The standard InChI is InChI=1S/C21H17BN4/c1-25-8-4-5-13-9-14-10-23-11-16-15-6-3-7-17-18(15)21(26(2)12-24-17)22(19(14)16)20(13)25/h3-8,10-12H,9H2,1-2H3/q+2. The van der Waals surface area contributed by atoms with E-state index in [0.717, 1.165) is 11.9 Å². The number of fused-ring (bicyclic) bond motifs is 4. The summed E-state index contributed by atoms with van der Waals surface area (Å²) in [6.07, 6.45) is 9.13. The molecule has 0 radical (unpaired) electrons. The molecular formula is C21H17BN4+2. The van der Waals surface area contributed by atoms with Crippen LogP contribution in [0.1, 0.15) is 11.1 Å². The van der Waals surface area contributed by atoms with Gasteiger partial charge in [-0.3, -0.25) is 4.98 Å². The van der Waals surface area contributed by atoms with Gasteiger partial charge in [-0.2, -0.15) is 0 Å². The zero-order valence-corrected chi connectivity index (χ0v) is 14.8. The fourth-order valence-electron chi connectivity index (χ4n) is 4.91. The van der Waals surface area contributed by atoms with Crippen LogP contribution in [0.15, 0.2) is 55.2 Å². The van der Waals surface area contributed by atoms with Crippen molar-refractivity contribution in [2.45, 2.75) is 6.42 Å². The smallest absolute Gasteiger partial charge is 0.264 e. The van der Waals surface area contributed by atoms with Crippen molar-refractivity contribution in [3.05, 3.63) is 66.4 Å². The molecule has 5 heterocycles. The van der Waals surface area contributed by atoms with Crippen LogP contribution >= 0.6 is 0 Å². The number of aromatic nitrogens is 4. The predicted molar refractivity (Wildman–Crippen MR) is 101 cm³/mol. The van der Waals surface area contributed by atoms with Gasteiger partial charge in [0, 0.05) is 30.4 Å². The second-order valence-electron chi connectivity index (χ2n) is 7.34. The molecule has 0 spiro atoms. The minimum absolute atomic E-state index is 0.211. The fourth-order valence-corrected chi connectivity index (χ4v) is 4.91. The van der Waals surface area contributed by atoms with E-state index in [-0.39, 0.29) is 6.71 Å². The SMILES string of the molecule is C[n+]1cccc2c1B1c3c(cncc3-c3cccc4nc[n+](C)c1c34)C2. The Kier molecular flexibility index (Phi) is 2.59. The minimum Gasteiger partial charge on any atom is -0.264 e. The molecule has 2 aliphatic heterocycles. The van der Waals surface area contributed by atoms with Crippen LogP contribution < -0.4 is 25.8 Å². The Balaban J connectivity index is 1.87. The molecule has 0 fully saturated rings. The molecule has 0 saturated carbocycles. The highest BCUT2D eigenvalue weighted by atomic mass is 15.0. The average Bonchev–Trinajstić information content (AvgIpc) is 2.66. The van der Waals surface area contributed by atoms with Gasteiger partial charge in [-0.1, -0.05) is 12.1 Å². The van der Waals surface area contributed by atoms with E-state index in [2.05, 4.69) is 69.7 Å². The molecule has 0 saturated heterocycles. The molecule has 4 aromatic rings.